The van der Waals surface area contributed by atoms with Crippen molar-refractivity contribution < 1.29 is 9.32 Å². The summed E-state index contributed by atoms with van der Waals surface area (Å²) in [5.74, 6) is 6.07. The van der Waals surface area contributed by atoms with Crippen LogP contribution in [0.15, 0.2) is 52.3 Å². The van der Waals surface area contributed by atoms with Gasteiger partial charge in [-0.2, -0.15) is 0 Å². The number of amides is 1. The van der Waals surface area contributed by atoms with E-state index in [1.807, 2.05) is 30.3 Å². The number of carbonyl (C=O) groups excluding carboxylic acids is 1. The molecule has 7 nitrogen and oxygen atoms in total. The molecule has 1 atom stereocenters. The van der Waals surface area contributed by atoms with Crippen LogP contribution in [0.4, 0.5) is 5.88 Å². The Balaban J connectivity index is 1.69. The van der Waals surface area contributed by atoms with Crippen LogP contribution in [0.2, 0.25) is 0 Å². The lowest BCUT2D eigenvalue weighted by molar-refractivity contribution is -0.115. The number of nitrogens with two attached hydrogens (primary N) is 1. The number of benzene rings is 1. The van der Waals surface area contributed by atoms with Gasteiger partial charge < -0.3 is 10.4 Å². The molecule has 124 valence electrons. The van der Waals surface area contributed by atoms with E-state index in [4.69, 9.17) is 10.4 Å². The molecule has 0 radical (unpaired) electrons. The maximum absolute atomic E-state index is 12.2. The Labute approximate surface area is 143 Å². The Hall–Kier alpha value is -2.74. The Morgan fingerprint density at radius 1 is 1.38 bits per heavy atom. The summed E-state index contributed by atoms with van der Waals surface area (Å²) in [6, 6.07) is 11.4. The van der Waals surface area contributed by atoms with Crippen molar-refractivity contribution in [3.05, 3.63) is 48.3 Å². The highest BCUT2D eigenvalue weighted by Crippen LogP contribution is 2.26. The molecule has 3 rings (SSSR count). The zero-order chi connectivity index (χ0) is 17.1. The van der Waals surface area contributed by atoms with Crippen molar-refractivity contribution in [2.75, 3.05) is 11.2 Å². The number of rotatable bonds is 5. The highest BCUT2D eigenvalue weighted by atomic mass is 32.2. The van der Waals surface area contributed by atoms with E-state index in [-0.39, 0.29) is 5.91 Å². The predicted molar refractivity (Wildman–Crippen MR) is 93.0 cm³/mol. The lowest BCUT2D eigenvalue weighted by Crippen LogP contribution is -2.23. The number of nitrogens with zero attached hydrogens (tertiary/aromatic N) is 3. The average Bonchev–Trinajstić information content (AvgIpc) is 3.14. The second kappa shape index (κ2) is 6.79. The van der Waals surface area contributed by atoms with E-state index < -0.39 is 5.25 Å². The van der Waals surface area contributed by atoms with Crippen LogP contribution >= 0.6 is 11.8 Å². The normalized spacial score (nSPS) is 12.1. The van der Waals surface area contributed by atoms with Gasteiger partial charge in [-0.15, -0.1) is 0 Å². The van der Waals surface area contributed by atoms with Crippen LogP contribution in [0.5, 0.6) is 0 Å². The molecule has 0 spiro atoms. The summed E-state index contributed by atoms with van der Waals surface area (Å²) in [6.45, 7) is 3.56. The highest BCUT2D eigenvalue weighted by molar-refractivity contribution is 8.00. The second-order valence-electron chi connectivity index (χ2n) is 5.26. The molecule has 0 saturated heterocycles. The molecular formula is C16H17N5O2S. The minimum atomic E-state index is -0.399. The van der Waals surface area contributed by atoms with Crippen LogP contribution in [0.25, 0.3) is 11.3 Å². The van der Waals surface area contributed by atoms with Crippen molar-refractivity contribution in [3.8, 4) is 11.3 Å². The fourth-order valence-electron chi connectivity index (χ4n) is 2.07. The summed E-state index contributed by atoms with van der Waals surface area (Å²) >= 11 is 1.27. The monoisotopic (exact) mass is 343 g/mol. The number of nitrogens with one attached hydrogen (secondary N) is 1. The third-order valence-electron chi connectivity index (χ3n) is 3.29. The molecular weight excluding hydrogens is 326 g/mol. The quantitative estimate of drug-likeness (QED) is 0.546. The molecule has 2 heterocycles. The first kappa shape index (κ1) is 16.1. The SMILES string of the molecule is Cc1cc(NC(=O)[C@@H](C)Sc2nc(-c3ccccc3)cn2N)on1. The van der Waals surface area contributed by atoms with Gasteiger partial charge in [0.05, 0.1) is 22.8 Å². The van der Waals surface area contributed by atoms with E-state index in [0.717, 1.165) is 11.3 Å². The van der Waals surface area contributed by atoms with E-state index in [9.17, 15) is 4.79 Å². The Morgan fingerprint density at radius 2 is 2.12 bits per heavy atom. The fraction of sp³-hybridized carbons (Fsp3) is 0.188. The van der Waals surface area contributed by atoms with E-state index in [1.54, 1.807) is 26.1 Å². The standard InChI is InChI=1S/C16H17N5O2S/c1-10-8-14(23-20-10)19-15(22)11(2)24-16-18-13(9-21(16)17)12-6-4-3-5-7-12/h3-9,11H,17H2,1-2H3,(H,19,22)/t11-/m1/s1. The molecule has 0 aliphatic rings. The Morgan fingerprint density at radius 3 is 2.79 bits per heavy atom. The number of thioether (sulfide) groups is 1. The maximum atomic E-state index is 12.2. The van der Waals surface area contributed by atoms with Crippen LogP contribution in [-0.4, -0.2) is 26.0 Å². The molecule has 3 aromatic rings. The Kier molecular flexibility index (Phi) is 4.57. The van der Waals surface area contributed by atoms with Gasteiger partial charge in [-0.3, -0.25) is 10.1 Å². The van der Waals surface area contributed by atoms with Gasteiger partial charge in [0.15, 0.2) is 5.16 Å². The van der Waals surface area contributed by atoms with E-state index in [1.165, 1.54) is 16.4 Å². The molecule has 0 aliphatic heterocycles. The molecule has 3 N–H and O–H groups in total. The molecule has 0 bridgehead atoms. The molecule has 0 saturated carbocycles. The third-order valence-corrected chi connectivity index (χ3v) is 4.37. The topological polar surface area (TPSA) is 99.0 Å². The minimum Gasteiger partial charge on any atom is -0.338 e. The lowest BCUT2D eigenvalue weighted by atomic mass is 10.2. The van der Waals surface area contributed by atoms with Crippen molar-refractivity contribution in [3.63, 3.8) is 0 Å². The number of nitrogen functional groups attached to an aromatic ring is 1. The Bertz CT molecular complexity index is 843. The number of hydrogen-bond donors (Lipinski definition) is 2. The average molecular weight is 343 g/mol. The smallest absolute Gasteiger partial charge is 0.240 e. The van der Waals surface area contributed by atoms with Gasteiger partial charge >= 0.3 is 0 Å². The summed E-state index contributed by atoms with van der Waals surface area (Å²) in [7, 11) is 0. The number of aryl methyl sites for hydroxylation is 1. The summed E-state index contributed by atoms with van der Waals surface area (Å²) in [5, 5.41) is 6.57. The molecule has 0 unspecified atom stereocenters. The second-order valence-corrected chi connectivity index (χ2v) is 6.57. The van der Waals surface area contributed by atoms with Gasteiger partial charge in [0, 0.05) is 11.6 Å². The highest BCUT2D eigenvalue weighted by Gasteiger charge is 2.19. The molecule has 1 amide bonds. The zero-order valence-corrected chi connectivity index (χ0v) is 14.1. The van der Waals surface area contributed by atoms with Gasteiger partial charge in [0.25, 0.3) is 0 Å². The molecule has 8 heteroatoms. The van der Waals surface area contributed by atoms with E-state index in [0.29, 0.717) is 16.7 Å². The van der Waals surface area contributed by atoms with Crippen LogP contribution < -0.4 is 11.2 Å². The van der Waals surface area contributed by atoms with Crippen LogP contribution in [0, 0.1) is 6.92 Å². The van der Waals surface area contributed by atoms with Crippen LogP contribution in [-0.2, 0) is 4.79 Å². The third kappa shape index (κ3) is 3.60. The zero-order valence-electron chi connectivity index (χ0n) is 13.3. The lowest BCUT2D eigenvalue weighted by Gasteiger charge is -2.09. The summed E-state index contributed by atoms with van der Waals surface area (Å²) < 4.78 is 6.41. The number of anilines is 1. The van der Waals surface area contributed by atoms with Crippen molar-refractivity contribution in [1.82, 2.24) is 14.8 Å². The van der Waals surface area contributed by atoms with Crippen molar-refractivity contribution in [1.29, 1.82) is 0 Å². The first-order valence-corrected chi connectivity index (χ1v) is 8.21. The number of hydrogen-bond acceptors (Lipinski definition) is 6. The number of aromatic nitrogens is 3. The molecule has 24 heavy (non-hydrogen) atoms. The molecule has 0 aliphatic carbocycles. The van der Waals surface area contributed by atoms with Crippen LogP contribution in [0.1, 0.15) is 12.6 Å². The summed E-state index contributed by atoms with van der Waals surface area (Å²) in [4.78, 5) is 16.7. The first-order valence-electron chi connectivity index (χ1n) is 7.33. The van der Waals surface area contributed by atoms with Crippen molar-refractivity contribution in [2.24, 2.45) is 0 Å². The van der Waals surface area contributed by atoms with Gasteiger partial charge in [-0.05, 0) is 13.8 Å². The predicted octanol–water partition coefficient (Wildman–Crippen LogP) is 2.68. The number of carbonyl (C=O) groups is 1. The van der Waals surface area contributed by atoms with Gasteiger partial charge in [0.2, 0.25) is 11.8 Å². The molecule has 0 fully saturated rings. The van der Waals surface area contributed by atoms with Crippen LogP contribution in [0.3, 0.4) is 0 Å². The summed E-state index contributed by atoms with van der Waals surface area (Å²) in [5.41, 5.74) is 2.44. The van der Waals surface area contributed by atoms with Gasteiger partial charge in [-0.1, -0.05) is 47.3 Å². The van der Waals surface area contributed by atoms with Gasteiger partial charge in [0.1, 0.15) is 0 Å². The maximum Gasteiger partial charge on any atom is 0.240 e. The molecule has 2 aromatic heterocycles. The number of imidazole rings is 1. The van der Waals surface area contributed by atoms with E-state index >= 15 is 0 Å². The van der Waals surface area contributed by atoms with Gasteiger partial charge in [-0.25, -0.2) is 9.66 Å². The molecule has 1 aromatic carbocycles. The largest absolute Gasteiger partial charge is 0.338 e. The minimum absolute atomic E-state index is 0.208. The summed E-state index contributed by atoms with van der Waals surface area (Å²) in [6.07, 6.45) is 1.74. The van der Waals surface area contributed by atoms with Crippen molar-refractivity contribution in [2.45, 2.75) is 24.3 Å². The van der Waals surface area contributed by atoms with E-state index in [2.05, 4.69) is 15.5 Å². The van der Waals surface area contributed by atoms with Crippen molar-refractivity contribution >= 4 is 23.6 Å². The fourth-order valence-corrected chi connectivity index (χ4v) is 2.88. The first-order chi connectivity index (χ1) is 11.5.